The van der Waals surface area contributed by atoms with E-state index in [9.17, 15) is 10.1 Å². The van der Waals surface area contributed by atoms with Crippen LogP contribution < -0.4 is 5.32 Å². The maximum atomic E-state index is 10.9. The lowest BCUT2D eigenvalue weighted by molar-refractivity contribution is -0.385. The van der Waals surface area contributed by atoms with Gasteiger partial charge in [0.1, 0.15) is 0 Å². The molecular formula is C13H19N3O2. The van der Waals surface area contributed by atoms with Crippen molar-refractivity contribution >= 4 is 5.69 Å². The van der Waals surface area contributed by atoms with E-state index >= 15 is 0 Å². The van der Waals surface area contributed by atoms with Gasteiger partial charge in [0.2, 0.25) is 0 Å². The third kappa shape index (κ3) is 3.27. The quantitative estimate of drug-likeness (QED) is 0.636. The van der Waals surface area contributed by atoms with Crippen LogP contribution in [0.15, 0.2) is 24.3 Å². The molecule has 1 atom stereocenters. The molecule has 18 heavy (non-hydrogen) atoms. The molecule has 0 saturated carbocycles. The third-order valence-corrected chi connectivity index (χ3v) is 3.43. The summed E-state index contributed by atoms with van der Waals surface area (Å²) >= 11 is 0. The van der Waals surface area contributed by atoms with Crippen molar-refractivity contribution in [2.24, 2.45) is 5.92 Å². The summed E-state index contributed by atoms with van der Waals surface area (Å²) in [5, 5.41) is 14.2. The summed E-state index contributed by atoms with van der Waals surface area (Å²) in [4.78, 5) is 12.9. The van der Waals surface area contributed by atoms with Gasteiger partial charge in [0, 0.05) is 24.7 Å². The molecule has 0 amide bonds. The number of hydrogen-bond acceptors (Lipinski definition) is 4. The maximum Gasteiger partial charge on any atom is 0.273 e. The topological polar surface area (TPSA) is 58.4 Å². The molecule has 1 fully saturated rings. The van der Waals surface area contributed by atoms with Crippen LogP contribution in [-0.2, 0) is 6.54 Å². The van der Waals surface area contributed by atoms with E-state index in [4.69, 9.17) is 0 Å². The molecule has 1 N–H and O–H groups in total. The van der Waals surface area contributed by atoms with Gasteiger partial charge in [-0.25, -0.2) is 0 Å². The van der Waals surface area contributed by atoms with E-state index in [0.717, 1.165) is 25.2 Å². The fourth-order valence-corrected chi connectivity index (χ4v) is 2.44. The first-order chi connectivity index (χ1) is 8.66. The van der Waals surface area contributed by atoms with Crippen LogP contribution in [0.25, 0.3) is 0 Å². The number of nitrogens with one attached hydrogen (secondary N) is 1. The Bertz CT molecular complexity index is 422. The average molecular weight is 249 g/mol. The van der Waals surface area contributed by atoms with E-state index < -0.39 is 0 Å². The second-order valence-electron chi connectivity index (χ2n) is 4.93. The minimum absolute atomic E-state index is 0.202. The molecule has 5 heteroatoms. The molecule has 0 bridgehead atoms. The van der Waals surface area contributed by atoms with Gasteiger partial charge in [0.05, 0.1) is 4.92 Å². The van der Waals surface area contributed by atoms with Crippen LogP contribution in [0.4, 0.5) is 5.69 Å². The number of nitro groups is 1. The van der Waals surface area contributed by atoms with Gasteiger partial charge in [0.25, 0.3) is 5.69 Å². The van der Waals surface area contributed by atoms with Crippen molar-refractivity contribution in [3.63, 3.8) is 0 Å². The molecule has 1 aliphatic rings. The molecule has 0 spiro atoms. The zero-order valence-electron chi connectivity index (χ0n) is 10.6. The number of likely N-dealkylation sites (tertiary alicyclic amines) is 1. The number of benzene rings is 1. The number of nitrogens with zero attached hydrogens (tertiary/aromatic N) is 2. The van der Waals surface area contributed by atoms with Crippen LogP contribution >= 0.6 is 0 Å². The molecule has 98 valence electrons. The molecule has 1 aromatic carbocycles. The van der Waals surface area contributed by atoms with Crippen molar-refractivity contribution in [1.29, 1.82) is 0 Å². The highest BCUT2D eigenvalue weighted by atomic mass is 16.6. The Morgan fingerprint density at radius 3 is 2.94 bits per heavy atom. The molecule has 1 aliphatic heterocycles. The Hall–Kier alpha value is -1.46. The number of hydrogen-bond donors (Lipinski definition) is 1. The highest BCUT2D eigenvalue weighted by molar-refractivity contribution is 5.39. The largest absolute Gasteiger partial charge is 0.312 e. The van der Waals surface area contributed by atoms with Gasteiger partial charge in [-0.2, -0.15) is 0 Å². The summed E-state index contributed by atoms with van der Waals surface area (Å²) < 4.78 is 0. The van der Waals surface area contributed by atoms with Crippen molar-refractivity contribution in [1.82, 2.24) is 10.2 Å². The maximum absolute atomic E-state index is 10.9. The molecular weight excluding hydrogens is 230 g/mol. The van der Waals surface area contributed by atoms with E-state index in [0.29, 0.717) is 12.5 Å². The van der Waals surface area contributed by atoms with Crippen molar-refractivity contribution < 1.29 is 4.92 Å². The number of rotatable bonds is 5. The number of para-hydroxylation sites is 1. The first-order valence-corrected chi connectivity index (χ1v) is 6.28. The van der Waals surface area contributed by atoms with Crippen LogP contribution in [0.1, 0.15) is 12.0 Å². The first-order valence-electron chi connectivity index (χ1n) is 6.28. The second kappa shape index (κ2) is 5.93. The minimum Gasteiger partial charge on any atom is -0.312 e. The molecule has 1 unspecified atom stereocenters. The SMILES string of the molecule is CN1CCC(CNCc2ccccc2[N+](=O)[O-])C1. The summed E-state index contributed by atoms with van der Waals surface area (Å²) in [6.45, 7) is 3.76. The first kappa shape index (κ1) is 13.0. The standard InChI is InChI=1S/C13H19N3O2/c1-15-7-6-11(10-15)8-14-9-12-4-2-3-5-13(12)16(17)18/h2-5,11,14H,6-10H2,1H3. The fourth-order valence-electron chi connectivity index (χ4n) is 2.44. The van der Waals surface area contributed by atoms with E-state index in [1.54, 1.807) is 12.1 Å². The molecule has 1 heterocycles. The predicted octanol–water partition coefficient (Wildman–Crippen LogP) is 1.64. The van der Waals surface area contributed by atoms with Crippen LogP contribution in [0, 0.1) is 16.0 Å². The Labute approximate surface area is 107 Å². The smallest absolute Gasteiger partial charge is 0.273 e. The predicted molar refractivity (Wildman–Crippen MR) is 70.4 cm³/mol. The summed E-state index contributed by atoms with van der Waals surface area (Å²) in [6, 6.07) is 6.91. The zero-order chi connectivity index (χ0) is 13.0. The van der Waals surface area contributed by atoms with E-state index in [-0.39, 0.29) is 10.6 Å². The van der Waals surface area contributed by atoms with Crippen molar-refractivity contribution in [3.05, 3.63) is 39.9 Å². The van der Waals surface area contributed by atoms with Crippen LogP contribution in [-0.4, -0.2) is 36.5 Å². The molecule has 5 nitrogen and oxygen atoms in total. The molecule has 0 aliphatic carbocycles. The molecule has 1 aromatic rings. The molecule has 0 aromatic heterocycles. The monoisotopic (exact) mass is 249 g/mol. The molecule has 1 saturated heterocycles. The Morgan fingerprint density at radius 1 is 1.50 bits per heavy atom. The van der Waals surface area contributed by atoms with E-state index in [1.807, 2.05) is 12.1 Å². The van der Waals surface area contributed by atoms with Crippen LogP contribution in [0.5, 0.6) is 0 Å². The van der Waals surface area contributed by atoms with Crippen molar-refractivity contribution in [3.8, 4) is 0 Å². The van der Waals surface area contributed by atoms with Gasteiger partial charge in [-0.05, 0) is 32.5 Å². The summed E-state index contributed by atoms with van der Waals surface area (Å²) in [5.74, 6) is 0.665. The Balaban J connectivity index is 1.85. The second-order valence-corrected chi connectivity index (χ2v) is 4.93. The highest BCUT2D eigenvalue weighted by Crippen LogP contribution is 2.18. The third-order valence-electron chi connectivity index (χ3n) is 3.43. The van der Waals surface area contributed by atoms with Crippen LogP contribution in [0.3, 0.4) is 0 Å². The van der Waals surface area contributed by atoms with Crippen molar-refractivity contribution in [2.45, 2.75) is 13.0 Å². The van der Waals surface area contributed by atoms with Crippen molar-refractivity contribution in [2.75, 3.05) is 26.7 Å². The normalized spacial score (nSPS) is 20.2. The summed E-state index contributed by atoms with van der Waals surface area (Å²) in [5.41, 5.74) is 0.961. The number of nitro benzene ring substituents is 1. The lowest BCUT2D eigenvalue weighted by atomic mass is 10.1. The van der Waals surface area contributed by atoms with E-state index in [2.05, 4.69) is 17.3 Å². The molecule has 0 radical (unpaired) electrons. The molecule has 2 rings (SSSR count). The lowest BCUT2D eigenvalue weighted by Crippen LogP contribution is -2.25. The van der Waals surface area contributed by atoms with Gasteiger partial charge >= 0.3 is 0 Å². The zero-order valence-corrected chi connectivity index (χ0v) is 10.6. The fraction of sp³-hybridized carbons (Fsp3) is 0.538. The average Bonchev–Trinajstić information content (AvgIpc) is 2.75. The summed E-state index contributed by atoms with van der Waals surface area (Å²) in [7, 11) is 2.13. The van der Waals surface area contributed by atoms with Gasteiger partial charge in [-0.1, -0.05) is 18.2 Å². The lowest BCUT2D eigenvalue weighted by Gasteiger charge is -2.11. The van der Waals surface area contributed by atoms with Gasteiger partial charge in [0.15, 0.2) is 0 Å². The Kier molecular flexibility index (Phi) is 4.28. The Morgan fingerprint density at radius 2 is 2.28 bits per heavy atom. The van der Waals surface area contributed by atoms with Crippen LogP contribution in [0.2, 0.25) is 0 Å². The summed E-state index contributed by atoms with van der Waals surface area (Å²) in [6.07, 6.45) is 1.21. The van der Waals surface area contributed by atoms with E-state index in [1.165, 1.54) is 6.42 Å². The van der Waals surface area contributed by atoms with Gasteiger partial charge < -0.3 is 10.2 Å². The minimum atomic E-state index is -0.319. The van der Waals surface area contributed by atoms with Gasteiger partial charge in [-0.15, -0.1) is 0 Å². The highest BCUT2D eigenvalue weighted by Gasteiger charge is 2.19. The van der Waals surface area contributed by atoms with Gasteiger partial charge in [-0.3, -0.25) is 10.1 Å².